The quantitative estimate of drug-likeness (QED) is 0.505. The maximum Gasteiger partial charge on any atom is 0.271 e. The monoisotopic (exact) mass is 418 g/mol. The van der Waals surface area contributed by atoms with E-state index < -0.39 is 6.04 Å². The van der Waals surface area contributed by atoms with Gasteiger partial charge in [-0.15, -0.1) is 11.3 Å². The van der Waals surface area contributed by atoms with Gasteiger partial charge >= 0.3 is 0 Å². The fourth-order valence-corrected chi connectivity index (χ4v) is 4.06. The molecule has 7 heteroatoms. The molecule has 30 heavy (non-hydrogen) atoms. The van der Waals surface area contributed by atoms with Crippen molar-refractivity contribution in [3.63, 3.8) is 0 Å². The predicted molar refractivity (Wildman–Crippen MR) is 118 cm³/mol. The fourth-order valence-electron chi connectivity index (χ4n) is 3.25. The van der Waals surface area contributed by atoms with Gasteiger partial charge in [0.2, 0.25) is 0 Å². The molecule has 2 aromatic heterocycles. The lowest BCUT2D eigenvalue weighted by molar-refractivity contribution is 0.0936. The summed E-state index contributed by atoms with van der Waals surface area (Å²) in [6.07, 6.45) is 3.56. The van der Waals surface area contributed by atoms with Crippen LogP contribution in [0.15, 0.2) is 66.3 Å². The number of benzene rings is 2. The summed E-state index contributed by atoms with van der Waals surface area (Å²) in [5, 5.41) is 5.67. The van der Waals surface area contributed by atoms with Crippen LogP contribution in [0.3, 0.4) is 0 Å². The van der Waals surface area contributed by atoms with Crippen molar-refractivity contribution in [3.05, 3.63) is 88.9 Å². The molecule has 0 saturated carbocycles. The molecule has 6 nitrogen and oxygen atoms in total. The number of ether oxygens (including phenoxy) is 1. The van der Waals surface area contributed by atoms with Crippen LogP contribution in [0.2, 0.25) is 0 Å². The lowest BCUT2D eigenvalue weighted by Crippen LogP contribution is -2.31. The summed E-state index contributed by atoms with van der Waals surface area (Å²) in [6, 6.07) is 15.2. The van der Waals surface area contributed by atoms with E-state index in [0.717, 1.165) is 16.1 Å². The highest BCUT2D eigenvalue weighted by atomic mass is 32.1. The molecule has 4 aromatic rings. The summed E-state index contributed by atoms with van der Waals surface area (Å²) in [4.78, 5) is 22.1. The van der Waals surface area contributed by atoms with Gasteiger partial charge in [-0.2, -0.15) is 0 Å². The molecule has 0 fully saturated rings. The van der Waals surface area contributed by atoms with Gasteiger partial charge in [0.25, 0.3) is 5.91 Å². The van der Waals surface area contributed by atoms with Crippen molar-refractivity contribution in [1.82, 2.24) is 19.9 Å². The van der Waals surface area contributed by atoms with Crippen LogP contribution >= 0.6 is 11.3 Å². The van der Waals surface area contributed by atoms with E-state index >= 15 is 0 Å². The zero-order valence-electron chi connectivity index (χ0n) is 17.0. The number of thiazole rings is 1. The van der Waals surface area contributed by atoms with Crippen LogP contribution in [0.5, 0.6) is 5.75 Å². The summed E-state index contributed by atoms with van der Waals surface area (Å²) < 4.78 is 7.41. The molecule has 1 atom stereocenters. The number of imidazole rings is 1. The zero-order chi connectivity index (χ0) is 21.1. The Hall–Kier alpha value is -3.45. The van der Waals surface area contributed by atoms with Crippen molar-refractivity contribution in [2.75, 3.05) is 7.11 Å². The Labute approximate surface area is 179 Å². The van der Waals surface area contributed by atoms with Gasteiger partial charge in [0.15, 0.2) is 0 Å². The highest BCUT2D eigenvalue weighted by Crippen LogP contribution is 2.30. The van der Waals surface area contributed by atoms with Crippen molar-refractivity contribution >= 4 is 17.2 Å². The number of amides is 1. The number of hydrogen-bond donors (Lipinski definition) is 1. The maximum absolute atomic E-state index is 13.1. The summed E-state index contributed by atoms with van der Waals surface area (Å²) in [5.41, 5.74) is 3.39. The van der Waals surface area contributed by atoms with E-state index in [1.165, 1.54) is 16.9 Å². The standard InChI is InChI=1S/C23H22N4O2S/c1-15-8-10-16(11-9-15)23-25-18(14-30-23)22(28)26-20(21-24-12-13-27(21)2)17-6-4-5-7-19(17)29-3/h4-14,20H,1-3H3,(H,26,28). The molecule has 0 radical (unpaired) electrons. The van der Waals surface area contributed by atoms with Gasteiger partial charge in [-0.1, -0.05) is 48.0 Å². The zero-order valence-corrected chi connectivity index (χ0v) is 17.8. The molecule has 4 rings (SSSR count). The van der Waals surface area contributed by atoms with E-state index in [-0.39, 0.29) is 5.91 Å². The molecule has 1 N–H and O–H groups in total. The van der Waals surface area contributed by atoms with Crippen LogP contribution in [0.4, 0.5) is 0 Å². The van der Waals surface area contributed by atoms with Gasteiger partial charge in [-0.05, 0) is 13.0 Å². The van der Waals surface area contributed by atoms with Gasteiger partial charge in [-0.25, -0.2) is 9.97 Å². The number of para-hydroxylation sites is 1. The molecular weight excluding hydrogens is 396 g/mol. The first-order valence-electron chi connectivity index (χ1n) is 9.50. The van der Waals surface area contributed by atoms with E-state index in [9.17, 15) is 4.79 Å². The van der Waals surface area contributed by atoms with Crippen LogP contribution in [0.1, 0.15) is 33.5 Å². The number of aromatic nitrogens is 3. The van der Waals surface area contributed by atoms with Crippen LogP contribution in [0.25, 0.3) is 10.6 Å². The van der Waals surface area contributed by atoms with Gasteiger partial charge in [0.1, 0.15) is 28.3 Å². The summed E-state index contributed by atoms with van der Waals surface area (Å²) in [5.74, 6) is 1.13. The summed E-state index contributed by atoms with van der Waals surface area (Å²) >= 11 is 1.45. The van der Waals surface area contributed by atoms with Gasteiger partial charge in [0.05, 0.1) is 7.11 Å². The summed E-state index contributed by atoms with van der Waals surface area (Å²) in [7, 11) is 3.51. The first kappa shape index (κ1) is 19.8. The number of rotatable bonds is 6. The SMILES string of the molecule is COc1ccccc1C(NC(=O)c1csc(-c2ccc(C)cc2)n1)c1nccn1C. The Bertz CT molecular complexity index is 1160. The number of aryl methyl sites for hydroxylation is 2. The third-order valence-electron chi connectivity index (χ3n) is 4.88. The minimum Gasteiger partial charge on any atom is -0.496 e. The largest absolute Gasteiger partial charge is 0.496 e. The van der Waals surface area contributed by atoms with Crippen LogP contribution in [-0.4, -0.2) is 27.6 Å². The highest BCUT2D eigenvalue weighted by Gasteiger charge is 2.25. The second-order valence-electron chi connectivity index (χ2n) is 6.95. The molecule has 0 bridgehead atoms. The number of nitrogens with one attached hydrogen (secondary N) is 1. The van der Waals surface area contributed by atoms with Crippen LogP contribution in [0, 0.1) is 6.92 Å². The molecule has 1 unspecified atom stereocenters. The maximum atomic E-state index is 13.1. The molecule has 152 valence electrons. The molecule has 0 aliphatic carbocycles. The van der Waals surface area contributed by atoms with Crippen LogP contribution in [-0.2, 0) is 7.05 Å². The average molecular weight is 419 g/mol. The molecule has 2 aromatic carbocycles. The number of methoxy groups -OCH3 is 1. The first-order valence-corrected chi connectivity index (χ1v) is 10.4. The molecule has 0 aliphatic rings. The Morgan fingerprint density at radius 3 is 2.63 bits per heavy atom. The van der Waals surface area contributed by atoms with Crippen molar-refractivity contribution in [1.29, 1.82) is 0 Å². The minimum atomic E-state index is -0.474. The topological polar surface area (TPSA) is 69.0 Å². The summed E-state index contributed by atoms with van der Waals surface area (Å²) in [6.45, 7) is 2.04. The Morgan fingerprint density at radius 2 is 1.93 bits per heavy atom. The molecule has 2 heterocycles. The fraction of sp³-hybridized carbons (Fsp3) is 0.174. The Balaban J connectivity index is 1.64. The van der Waals surface area contributed by atoms with E-state index in [1.807, 2.05) is 73.3 Å². The minimum absolute atomic E-state index is 0.261. The normalized spacial score (nSPS) is 11.8. The molecule has 0 saturated heterocycles. The first-order chi connectivity index (χ1) is 14.6. The predicted octanol–water partition coefficient (Wildman–Crippen LogP) is 4.38. The van der Waals surface area contributed by atoms with Gasteiger partial charge in [0, 0.05) is 35.9 Å². The van der Waals surface area contributed by atoms with E-state index in [4.69, 9.17) is 4.74 Å². The lowest BCUT2D eigenvalue weighted by Gasteiger charge is -2.20. The number of carbonyl (C=O) groups excluding carboxylic acids is 1. The third kappa shape index (κ3) is 3.97. The molecular formula is C23H22N4O2S. The van der Waals surface area contributed by atoms with Crippen molar-refractivity contribution in [2.24, 2.45) is 7.05 Å². The number of carbonyl (C=O) groups is 1. The van der Waals surface area contributed by atoms with E-state index in [0.29, 0.717) is 17.3 Å². The van der Waals surface area contributed by atoms with Crippen LogP contribution < -0.4 is 10.1 Å². The van der Waals surface area contributed by atoms with Crippen molar-refractivity contribution in [3.8, 4) is 16.3 Å². The Kier molecular flexibility index (Phi) is 5.63. The van der Waals surface area contributed by atoms with E-state index in [2.05, 4.69) is 15.3 Å². The van der Waals surface area contributed by atoms with E-state index in [1.54, 1.807) is 18.7 Å². The second kappa shape index (κ2) is 8.51. The smallest absolute Gasteiger partial charge is 0.271 e. The number of nitrogens with zero attached hydrogens (tertiary/aromatic N) is 3. The molecule has 0 spiro atoms. The molecule has 0 aliphatic heterocycles. The molecule has 1 amide bonds. The van der Waals surface area contributed by atoms with Crippen molar-refractivity contribution in [2.45, 2.75) is 13.0 Å². The third-order valence-corrected chi connectivity index (χ3v) is 5.77. The lowest BCUT2D eigenvalue weighted by atomic mass is 10.0. The number of hydrogen-bond acceptors (Lipinski definition) is 5. The Morgan fingerprint density at radius 1 is 1.17 bits per heavy atom. The van der Waals surface area contributed by atoms with Crippen molar-refractivity contribution < 1.29 is 9.53 Å². The van der Waals surface area contributed by atoms with Gasteiger partial charge in [-0.3, -0.25) is 4.79 Å². The average Bonchev–Trinajstić information content (AvgIpc) is 3.42. The second-order valence-corrected chi connectivity index (χ2v) is 7.81. The highest BCUT2D eigenvalue weighted by molar-refractivity contribution is 7.13. The van der Waals surface area contributed by atoms with Gasteiger partial charge < -0.3 is 14.6 Å².